The summed E-state index contributed by atoms with van der Waals surface area (Å²) in [5, 5.41) is 23.3. The van der Waals surface area contributed by atoms with E-state index in [-0.39, 0.29) is 11.3 Å². The molecular formula is C14H13NO3. The lowest BCUT2D eigenvalue weighted by Gasteiger charge is -2.10. The first kappa shape index (κ1) is 12.0. The number of fused-ring (bicyclic) bond motifs is 1. The van der Waals surface area contributed by atoms with Crippen molar-refractivity contribution in [3.63, 3.8) is 0 Å². The van der Waals surface area contributed by atoms with Crippen LogP contribution in [0.4, 0.5) is 5.69 Å². The Labute approximate surface area is 104 Å². The number of hydrogen-bond donors (Lipinski definition) is 3. The Kier molecular flexibility index (Phi) is 3.19. The van der Waals surface area contributed by atoms with Crippen LogP contribution in [0.3, 0.4) is 0 Å². The maximum atomic E-state index is 10.9. The summed E-state index contributed by atoms with van der Waals surface area (Å²) in [4.78, 5) is 10.9. The van der Waals surface area contributed by atoms with Crippen LogP contribution in [0.2, 0.25) is 0 Å². The monoisotopic (exact) mass is 243 g/mol. The van der Waals surface area contributed by atoms with E-state index in [1.54, 1.807) is 24.3 Å². The predicted octanol–water partition coefficient (Wildman–Crippen LogP) is 2.84. The van der Waals surface area contributed by atoms with E-state index in [1.807, 2.05) is 6.07 Å². The number of rotatable bonds is 4. The van der Waals surface area contributed by atoms with Gasteiger partial charge in [-0.25, -0.2) is 4.79 Å². The summed E-state index contributed by atoms with van der Waals surface area (Å²) in [6.45, 7) is 4.22. The van der Waals surface area contributed by atoms with Gasteiger partial charge in [0.2, 0.25) is 0 Å². The molecule has 0 amide bonds. The highest BCUT2D eigenvalue weighted by Crippen LogP contribution is 2.32. The molecule has 4 heteroatoms. The minimum absolute atomic E-state index is 0.0941. The van der Waals surface area contributed by atoms with Gasteiger partial charge in [-0.05, 0) is 12.1 Å². The predicted molar refractivity (Wildman–Crippen MR) is 71.3 cm³/mol. The van der Waals surface area contributed by atoms with Crippen molar-refractivity contribution in [2.24, 2.45) is 0 Å². The van der Waals surface area contributed by atoms with Gasteiger partial charge in [0.15, 0.2) is 0 Å². The zero-order chi connectivity index (χ0) is 13.1. The number of hydrogen-bond acceptors (Lipinski definition) is 3. The summed E-state index contributed by atoms with van der Waals surface area (Å²) in [7, 11) is 0. The molecule has 0 aliphatic carbocycles. The zero-order valence-corrected chi connectivity index (χ0v) is 9.68. The smallest absolute Gasteiger partial charge is 0.339 e. The number of carboxylic acid groups (broad SMARTS) is 1. The van der Waals surface area contributed by atoms with Crippen LogP contribution in [0.25, 0.3) is 10.8 Å². The number of carbonyl (C=O) groups is 1. The number of nitrogens with one attached hydrogen (secondary N) is 1. The second-order valence-electron chi connectivity index (χ2n) is 3.84. The van der Waals surface area contributed by atoms with Gasteiger partial charge >= 0.3 is 5.97 Å². The molecule has 4 nitrogen and oxygen atoms in total. The van der Waals surface area contributed by atoms with Gasteiger partial charge in [0.1, 0.15) is 11.3 Å². The molecule has 2 rings (SSSR count). The van der Waals surface area contributed by atoms with E-state index >= 15 is 0 Å². The number of carboxylic acids is 1. The molecule has 92 valence electrons. The first-order valence-corrected chi connectivity index (χ1v) is 5.48. The van der Waals surface area contributed by atoms with E-state index in [0.29, 0.717) is 11.9 Å². The maximum absolute atomic E-state index is 10.9. The fourth-order valence-corrected chi connectivity index (χ4v) is 1.85. The van der Waals surface area contributed by atoms with Gasteiger partial charge in [0.25, 0.3) is 0 Å². The Morgan fingerprint density at radius 2 is 2.06 bits per heavy atom. The van der Waals surface area contributed by atoms with Crippen LogP contribution >= 0.6 is 0 Å². The Hall–Kier alpha value is -2.49. The highest BCUT2D eigenvalue weighted by molar-refractivity contribution is 6.04. The topological polar surface area (TPSA) is 69.6 Å². The third kappa shape index (κ3) is 2.00. The van der Waals surface area contributed by atoms with Crippen molar-refractivity contribution in [3.05, 3.63) is 48.6 Å². The van der Waals surface area contributed by atoms with Crippen LogP contribution in [0.5, 0.6) is 5.75 Å². The Morgan fingerprint density at radius 3 is 2.72 bits per heavy atom. The zero-order valence-electron chi connectivity index (χ0n) is 9.68. The van der Waals surface area contributed by atoms with Gasteiger partial charge < -0.3 is 15.5 Å². The van der Waals surface area contributed by atoms with Crippen LogP contribution in [-0.4, -0.2) is 22.7 Å². The molecule has 0 aliphatic rings. The summed E-state index contributed by atoms with van der Waals surface area (Å²) < 4.78 is 0. The number of phenols is 1. The number of anilines is 1. The number of benzene rings is 2. The third-order valence-corrected chi connectivity index (χ3v) is 2.70. The molecule has 0 unspecified atom stereocenters. The van der Waals surface area contributed by atoms with Gasteiger partial charge in [-0.2, -0.15) is 0 Å². The molecule has 0 aliphatic heterocycles. The highest BCUT2D eigenvalue weighted by Gasteiger charge is 2.13. The summed E-state index contributed by atoms with van der Waals surface area (Å²) in [5.41, 5.74) is 0.739. The molecule has 2 aromatic carbocycles. The van der Waals surface area contributed by atoms with E-state index in [9.17, 15) is 9.90 Å². The lowest BCUT2D eigenvalue weighted by atomic mass is 10.0. The molecular weight excluding hydrogens is 230 g/mol. The molecule has 2 aromatic rings. The molecule has 0 bridgehead atoms. The second-order valence-corrected chi connectivity index (χ2v) is 3.84. The van der Waals surface area contributed by atoms with Crippen LogP contribution in [-0.2, 0) is 0 Å². The second kappa shape index (κ2) is 4.79. The van der Waals surface area contributed by atoms with Crippen LogP contribution < -0.4 is 5.32 Å². The van der Waals surface area contributed by atoms with Crippen molar-refractivity contribution < 1.29 is 15.0 Å². The highest BCUT2D eigenvalue weighted by atomic mass is 16.4. The first-order valence-electron chi connectivity index (χ1n) is 5.48. The van der Waals surface area contributed by atoms with Crippen molar-refractivity contribution in [2.75, 3.05) is 11.9 Å². The first-order chi connectivity index (χ1) is 8.65. The lowest BCUT2D eigenvalue weighted by molar-refractivity contribution is 0.0694. The molecule has 0 radical (unpaired) electrons. The van der Waals surface area contributed by atoms with E-state index in [1.165, 1.54) is 6.07 Å². The minimum Gasteiger partial charge on any atom is -0.506 e. The van der Waals surface area contributed by atoms with E-state index in [4.69, 9.17) is 5.11 Å². The van der Waals surface area contributed by atoms with Crippen LogP contribution in [0, 0.1) is 0 Å². The Balaban J connectivity index is 2.62. The van der Waals surface area contributed by atoms with Gasteiger partial charge in [-0.3, -0.25) is 0 Å². The fraction of sp³-hybridized carbons (Fsp3) is 0.0714. The Morgan fingerprint density at radius 1 is 1.28 bits per heavy atom. The summed E-state index contributed by atoms with van der Waals surface area (Å²) >= 11 is 0. The van der Waals surface area contributed by atoms with Gasteiger partial charge in [0, 0.05) is 23.0 Å². The van der Waals surface area contributed by atoms with Crippen molar-refractivity contribution in [2.45, 2.75) is 0 Å². The number of aromatic hydroxyl groups is 1. The fourth-order valence-electron chi connectivity index (χ4n) is 1.85. The van der Waals surface area contributed by atoms with E-state index in [0.717, 1.165) is 11.1 Å². The molecule has 3 N–H and O–H groups in total. The van der Waals surface area contributed by atoms with Gasteiger partial charge in [-0.1, -0.05) is 24.3 Å². The molecule has 0 saturated heterocycles. The average Bonchev–Trinajstić information content (AvgIpc) is 2.36. The van der Waals surface area contributed by atoms with Gasteiger partial charge in [-0.15, -0.1) is 6.58 Å². The quantitative estimate of drug-likeness (QED) is 0.722. The lowest BCUT2D eigenvalue weighted by Crippen LogP contribution is -2.00. The molecule has 0 aromatic heterocycles. The Bertz CT molecular complexity index is 620. The van der Waals surface area contributed by atoms with Gasteiger partial charge in [0.05, 0.1) is 0 Å². The SMILES string of the molecule is C=CCNc1cccc2c(O)c(C(=O)O)ccc12. The number of aromatic carboxylic acids is 1. The van der Waals surface area contributed by atoms with Crippen molar-refractivity contribution in [1.29, 1.82) is 0 Å². The molecule has 0 atom stereocenters. The third-order valence-electron chi connectivity index (χ3n) is 2.70. The maximum Gasteiger partial charge on any atom is 0.339 e. The van der Waals surface area contributed by atoms with E-state index < -0.39 is 5.97 Å². The molecule has 0 spiro atoms. The summed E-state index contributed by atoms with van der Waals surface area (Å²) in [5.74, 6) is -1.35. The molecule has 18 heavy (non-hydrogen) atoms. The van der Waals surface area contributed by atoms with Crippen molar-refractivity contribution in [3.8, 4) is 5.75 Å². The standard InChI is InChI=1S/C14H13NO3/c1-2-8-15-12-5-3-4-10-9(12)6-7-11(13(10)16)14(17)18/h2-7,15-16H,1,8H2,(H,17,18). The molecule has 0 heterocycles. The molecule has 0 saturated carbocycles. The van der Waals surface area contributed by atoms with Crippen molar-refractivity contribution in [1.82, 2.24) is 0 Å². The normalized spacial score (nSPS) is 10.2. The average molecular weight is 243 g/mol. The van der Waals surface area contributed by atoms with Crippen LogP contribution in [0.1, 0.15) is 10.4 Å². The van der Waals surface area contributed by atoms with Crippen molar-refractivity contribution >= 4 is 22.4 Å². The summed E-state index contributed by atoms with van der Waals surface area (Å²) in [6, 6.07) is 8.41. The summed E-state index contributed by atoms with van der Waals surface area (Å²) in [6.07, 6.45) is 1.73. The minimum atomic E-state index is -1.14. The van der Waals surface area contributed by atoms with Crippen LogP contribution in [0.15, 0.2) is 43.0 Å². The van der Waals surface area contributed by atoms with E-state index in [2.05, 4.69) is 11.9 Å². The largest absolute Gasteiger partial charge is 0.506 e. The molecule has 0 fully saturated rings.